The molecule has 0 atom stereocenters. The van der Waals surface area contributed by atoms with Crippen LogP contribution in [0.3, 0.4) is 0 Å². The fraction of sp³-hybridized carbons (Fsp3) is 0.333. The topological polar surface area (TPSA) is 108 Å². The summed E-state index contributed by atoms with van der Waals surface area (Å²) in [5, 5.41) is 9.27. The number of rotatable bonds is 6. The van der Waals surface area contributed by atoms with Gasteiger partial charge in [0.1, 0.15) is 4.90 Å². The summed E-state index contributed by atoms with van der Waals surface area (Å²) in [5.74, 6) is 0. The lowest BCUT2D eigenvalue weighted by atomic mass is 10.2. The molecule has 0 amide bonds. The lowest BCUT2D eigenvalue weighted by Gasteiger charge is -2.05. The predicted molar refractivity (Wildman–Crippen MR) is 74.2 cm³/mol. The maximum Gasteiger partial charge on any atom is 0.242 e. The van der Waals surface area contributed by atoms with E-state index in [0.717, 1.165) is 0 Å². The van der Waals surface area contributed by atoms with Crippen LogP contribution in [0.25, 0.3) is 10.9 Å². The molecule has 7 heteroatoms. The van der Waals surface area contributed by atoms with E-state index in [9.17, 15) is 8.42 Å². The minimum absolute atomic E-state index is 0.0636. The summed E-state index contributed by atoms with van der Waals surface area (Å²) < 4.78 is 26.8. The second kappa shape index (κ2) is 5.60. The van der Waals surface area contributed by atoms with Crippen molar-refractivity contribution in [1.29, 1.82) is 0 Å². The first kappa shape index (κ1) is 13.9. The molecule has 5 N–H and O–H groups in total. The van der Waals surface area contributed by atoms with Crippen molar-refractivity contribution < 1.29 is 13.5 Å². The zero-order valence-corrected chi connectivity index (χ0v) is 11.2. The number of nitrogens with one attached hydrogen (secondary N) is 2. The molecule has 1 aromatic carbocycles. The summed E-state index contributed by atoms with van der Waals surface area (Å²) in [5.41, 5.74) is 6.92. The molecule has 104 valence electrons. The summed E-state index contributed by atoms with van der Waals surface area (Å²) in [6, 6.07) is 5.05. The van der Waals surface area contributed by atoms with Crippen LogP contribution in [0.1, 0.15) is 12.8 Å². The third-order valence-electron chi connectivity index (χ3n) is 2.83. The molecule has 0 fully saturated rings. The van der Waals surface area contributed by atoms with Crippen LogP contribution in [0.2, 0.25) is 0 Å². The SMILES string of the molecule is Nc1ccc2c(S(=O)(=O)NCCCCO)c[nH]c2c1. The lowest BCUT2D eigenvalue weighted by molar-refractivity contribution is 0.285. The normalized spacial score (nSPS) is 12.1. The Bertz CT molecular complexity index is 664. The number of fused-ring (bicyclic) bond motifs is 1. The summed E-state index contributed by atoms with van der Waals surface area (Å²) in [7, 11) is -3.54. The fourth-order valence-electron chi connectivity index (χ4n) is 1.86. The van der Waals surface area contributed by atoms with E-state index in [2.05, 4.69) is 9.71 Å². The minimum atomic E-state index is -3.54. The maximum atomic E-state index is 12.1. The van der Waals surface area contributed by atoms with Gasteiger partial charge in [0.25, 0.3) is 0 Å². The van der Waals surface area contributed by atoms with Crippen LogP contribution in [-0.4, -0.2) is 31.7 Å². The first-order valence-corrected chi connectivity index (χ1v) is 7.50. The maximum absolute atomic E-state index is 12.1. The number of nitrogen functional groups attached to an aromatic ring is 1. The second-order valence-electron chi connectivity index (χ2n) is 4.29. The molecule has 2 aromatic rings. The first-order chi connectivity index (χ1) is 9.04. The van der Waals surface area contributed by atoms with Gasteiger partial charge in [0.05, 0.1) is 0 Å². The molecule has 0 radical (unpaired) electrons. The number of anilines is 1. The van der Waals surface area contributed by atoms with Gasteiger partial charge >= 0.3 is 0 Å². The highest BCUT2D eigenvalue weighted by molar-refractivity contribution is 7.89. The van der Waals surface area contributed by atoms with Crippen molar-refractivity contribution in [3.8, 4) is 0 Å². The van der Waals surface area contributed by atoms with E-state index >= 15 is 0 Å². The highest BCUT2D eigenvalue weighted by Crippen LogP contribution is 2.24. The predicted octanol–water partition coefficient (Wildman–Crippen LogP) is 0.801. The number of hydrogen-bond donors (Lipinski definition) is 4. The monoisotopic (exact) mass is 283 g/mol. The molecule has 2 rings (SSSR count). The number of hydrogen-bond acceptors (Lipinski definition) is 4. The van der Waals surface area contributed by atoms with Gasteiger partial charge in [-0.3, -0.25) is 0 Å². The molecule has 0 spiro atoms. The van der Waals surface area contributed by atoms with Crippen LogP contribution in [-0.2, 0) is 10.0 Å². The molecule has 1 aromatic heterocycles. The van der Waals surface area contributed by atoms with Crippen LogP contribution in [0.5, 0.6) is 0 Å². The Kier molecular flexibility index (Phi) is 4.08. The quantitative estimate of drug-likeness (QED) is 0.464. The molecule has 6 nitrogen and oxygen atoms in total. The van der Waals surface area contributed by atoms with Gasteiger partial charge in [0.2, 0.25) is 10.0 Å². The van der Waals surface area contributed by atoms with Gasteiger partial charge in [0.15, 0.2) is 0 Å². The number of aliphatic hydroxyl groups excluding tert-OH is 1. The van der Waals surface area contributed by atoms with Gasteiger partial charge in [-0.15, -0.1) is 0 Å². The van der Waals surface area contributed by atoms with E-state index in [1.165, 1.54) is 6.20 Å². The number of unbranched alkanes of at least 4 members (excludes halogenated alkanes) is 1. The summed E-state index contributed by atoms with van der Waals surface area (Å²) in [4.78, 5) is 3.11. The number of H-pyrrole nitrogens is 1. The third-order valence-corrected chi connectivity index (χ3v) is 4.34. The average molecular weight is 283 g/mol. The highest BCUT2D eigenvalue weighted by atomic mass is 32.2. The summed E-state index contributed by atoms with van der Waals surface area (Å²) in [6.07, 6.45) is 2.64. The van der Waals surface area contributed by atoms with Crippen LogP contribution in [0.15, 0.2) is 29.3 Å². The number of benzene rings is 1. The Hall–Kier alpha value is -1.57. The zero-order chi connectivity index (χ0) is 13.9. The van der Waals surface area contributed by atoms with Gasteiger partial charge < -0.3 is 15.8 Å². The van der Waals surface area contributed by atoms with E-state index in [1.54, 1.807) is 18.2 Å². The second-order valence-corrected chi connectivity index (χ2v) is 6.02. The van der Waals surface area contributed by atoms with Crippen LogP contribution < -0.4 is 10.5 Å². The average Bonchev–Trinajstić information content (AvgIpc) is 2.78. The fourth-order valence-corrected chi connectivity index (χ4v) is 3.11. The van der Waals surface area contributed by atoms with Crippen molar-refractivity contribution in [1.82, 2.24) is 9.71 Å². The largest absolute Gasteiger partial charge is 0.399 e. The highest BCUT2D eigenvalue weighted by Gasteiger charge is 2.18. The Labute approximate surface area is 111 Å². The standard InChI is InChI=1S/C12H17N3O3S/c13-9-3-4-10-11(7-9)14-8-12(10)19(17,18)15-5-1-2-6-16/h3-4,7-8,14-16H,1-2,5-6,13H2. The molecular formula is C12H17N3O3S. The third kappa shape index (κ3) is 3.06. The summed E-state index contributed by atoms with van der Waals surface area (Å²) >= 11 is 0. The van der Waals surface area contributed by atoms with Crippen molar-refractivity contribution in [3.05, 3.63) is 24.4 Å². The van der Waals surface area contributed by atoms with Gasteiger partial charge in [-0.1, -0.05) is 0 Å². The Morgan fingerprint density at radius 1 is 1.32 bits per heavy atom. The molecule has 19 heavy (non-hydrogen) atoms. The Balaban J connectivity index is 2.23. The number of aliphatic hydroxyl groups is 1. The molecule has 1 heterocycles. The molecule has 0 aliphatic carbocycles. The summed E-state index contributed by atoms with van der Waals surface area (Å²) in [6.45, 7) is 0.374. The van der Waals surface area contributed by atoms with Gasteiger partial charge in [-0.05, 0) is 31.0 Å². The number of nitrogens with two attached hydrogens (primary N) is 1. The van der Waals surface area contributed by atoms with Gasteiger partial charge in [-0.2, -0.15) is 0 Å². The van der Waals surface area contributed by atoms with Crippen LogP contribution in [0.4, 0.5) is 5.69 Å². The van der Waals surface area contributed by atoms with Gasteiger partial charge in [0, 0.05) is 35.9 Å². The number of sulfonamides is 1. The molecule has 0 saturated carbocycles. The Morgan fingerprint density at radius 2 is 2.11 bits per heavy atom. The van der Waals surface area contributed by atoms with E-state index in [4.69, 9.17) is 10.8 Å². The van der Waals surface area contributed by atoms with Crippen molar-refractivity contribution in [3.63, 3.8) is 0 Å². The smallest absolute Gasteiger partial charge is 0.242 e. The van der Waals surface area contributed by atoms with E-state index in [1.807, 2.05) is 0 Å². The molecule has 0 saturated heterocycles. The van der Waals surface area contributed by atoms with Crippen LogP contribution >= 0.6 is 0 Å². The lowest BCUT2D eigenvalue weighted by Crippen LogP contribution is -2.24. The molecule has 0 aliphatic heterocycles. The van der Waals surface area contributed by atoms with E-state index in [-0.39, 0.29) is 11.5 Å². The van der Waals surface area contributed by atoms with Crippen molar-refractivity contribution in [2.24, 2.45) is 0 Å². The molecule has 0 aliphatic rings. The molecule has 0 unspecified atom stereocenters. The van der Waals surface area contributed by atoms with Crippen molar-refractivity contribution >= 4 is 26.6 Å². The van der Waals surface area contributed by atoms with E-state index < -0.39 is 10.0 Å². The number of aromatic amines is 1. The molecular weight excluding hydrogens is 266 g/mol. The Morgan fingerprint density at radius 3 is 2.84 bits per heavy atom. The number of aromatic nitrogens is 1. The molecule has 0 bridgehead atoms. The first-order valence-electron chi connectivity index (χ1n) is 6.02. The van der Waals surface area contributed by atoms with Crippen molar-refractivity contribution in [2.45, 2.75) is 17.7 Å². The van der Waals surface area contributed by atoms with Crippen LogP contribution in [0, 0.1) is 0 Å². The van der Waals surface area contributed by atoms with Crippen molar-refractivity contribution in [2.75, 3.05) is 18.9 Å². The van der Waals surface area contributed by atoms with Gasteiger partial charge in [-0.25, -0.2) is 13.1 Å². The van der Waals surface area contributed by atoms with E-state index in [0.29, 0.717) is 36.0 Å². The minimum Gasteiger partial charge on any atom is -0.399 e. The zero-order valence-electron chi connectivity index (χ0n) is 10.4.